The zero-order valence-electron chi connectivity index (χ0n) is 10.8. The average Bonchev–Trinajstić information content (AvgIpc) is 2.40. The van der Waals surface area contributed by atoms with Gasteiger partial charge in [-0.2, -0.15) is 8.78 Å². The van der Waals surface area contributed by atoms with Crippen molar-refractivity contribution in [3.8, 4) is 17.6 Å². The van der Waals surface area contributed by atoms with E-state index in [9.17, 15) is 8.78 Å². The van der Waals surface area contributed by atoms with Crippen LogP contribution >= 0.6 is 0 Å². The Kier molecular flexibility index (Phi) is 6.86. The Morgan fingerprint density at radius 1 is 1.32 bits per heavy atom. The number of alkyl halides is 2. The highest BCUT2D eigenvalue weighted by atomic mass is 19.3. The van der Waals surface area contributed by atoms with E-state index >= 15 is 0 Å². The average molecular weight is 268 g/mol. The fourth-order valence-corrected chi connectivity index (χ4v) is 1.65. The summed E-state index contributed by atoms with van der Waals surface area (Å²) >= 11 is 0. The molecule has 0 saturated carbocycles. The molecule has 1 unspecified atom stereocenters. The highest BCUT2D eigenvalue weighted by molar-refractivity contribution is 5.29. The van der Waals surface area contributed by atoms with Gasteiger partial charge in [-0.15, -0.1) is 11.8 Å². The van der Waals surface area contributed by atoms with Crippen LogP contribution in [0.1, 0.15) is 24.9 Å². The van der Waals surface area contributed by atoms with Crippen molar-refractivity contribution in [3.63, 3.8) is 0 Å². The lowest BCUT2D eigenvalue weighted by atomic mass is 10.1. The van der Waals surface area contributed by atoms with Gasteiger partial charge in [-0.3, -0.25) is 0 Å². The number of nitrogens with one attached hydrogen (secondary N) is 1. The van der Waals surface area contributed by atoms with Gasteiger partial charge in [-0.25, -0.2) is 0 Å². The first-order valence-corrected chi connectivity index (χ1v) is 6.05. The second kappa shape index (κ2) is 8.46. The summed E-state index contributed by atoms with van der Waals surface area (Å²) in [4.78, 5) is 0. The highest BCUT2D eigenvalue weighted by Crippen LogP contribution is 2.18. The summed E-state index contributed by atoms with van der Waals surface area (Å²) in [5.74, 6) is 5.91. The van der Waals surface area contributed by atoms with E-state index in [2.05, 4.69) is 21.9 Å². The molecular formula is C14H18F2N2O. The first kappa shape index (κ1) is 15.4. The molecule has 3 N–H and O–H groups in total. The van der Waals surface area contributed by atoms with E-state index in [0.29, 0.717) is 6.54 Å². The van der Waals surface area contributed by atoms with Crippen LogP contribution in [0, 0.1) is 11.8 Å². The molecule has 0 heterocycles. The molecule has 0 aliphatic carbocycles. The van der Waals surface area contributed by atoms with Crippen LogP contribution in [0.4, 0.5) is 8.78 Å². The van der Waals surface area contributed by atoms with Crippen molar-refractivity contribution in [3.05, 3.63) is 29.8 Å². The predicted octanol–water partition coefficient (Wildman–Crippen LogP) is 2.29. The minimum atomic E-state index is -2.80. The molecule has 0 fully saturated rings. The SMILES string of the molecule is CC#CCCNC(CN)c1ccc(OC(F)F)cc1. The van der Waals surface area contributed by atoms with Gasteiger partial charge in [0.05, 0.1) is 0 Å². The first-order chi connectivity index (χ1) is 9.17. The van der Waals surface area contributed by atoms with Crippen molar-refractivity contribution in [2.45, 2.75) is 26.0 Å². The standard InChI is InChI=1S/C14H18F2N2O/c1-2-3-4-9-18-13(10-17)11-5-7-12(8-6-11)19-14(15)16/h5-8,13-14,18H,4,9-10,17H2,1H3. The van der Waals surface area contributed by atoms with Crippen molar-refractivity contribution in [1.29, 1.82) is 0 Å². The third-order valence-electron chi connectivity index (χ3n) is 2.56. The van der Waals surface area contributed by atoms with E-state index < -0.39 is 6.61 Å². The molecule has 3 nitrogen and oxygen atoms in total. The van der Waals surface area contributed by atoms with Gasteiger partial charge in [0.1, 0.15) is 5.75 Å². The van der Waals surface area contributed by atoms with Crippen LogP contribution in [0.25, 0.3) is 0 Å². The molecule has 0 aliphatic rings. The Morgan fingerprint density at radius 3 is 2.53 bits per heavy atom. The lowest BCUT2D eigenvalue weighted by molar-refractivity contribution is -0.0498. The van der Waals surface area contributed by atoms with Gasteiger partial charge in [0.2, 0.25) is 0 Å². The van der Waals surface area contributed by atoms with Crippen molar-refractivity contribution >= 4 is 0 Å². The topological polar surface area (TPSA) is 47.3 Å². The minimum absolute atomic E-state index is 0.0146. The predicted molar refractivity (Wildman–Crippen MR) is 70.9 cm³/mol. The maximum absolute atomic E-state index is 12.0. The Labute approximate surface area is 112 Å². The largest absolute Gasteiger partial charge is 0.435 e. The van der Waals surface area contributed by atoms with E-state index in [1.165, 1.54) is 12.1 Å². The molecule has 1 aromatic rings. The maximum Gasteiger partial charge on any atom is 0.387 e. The minimum Gasteiger partial charge on any atom is -0.435 e. The Balaban J connectivity index is 2.57. The second-order valence-electron chi connectivity index (χ2n) is 3.87. The molecule has 0 saturated heterocycles. The molecule has 1 rings (SSSR count). The van der Waals surface area contributed by atoms with Gasteiger partial charge in [-0.1, -0.05) is 12.1 Å². The van der Waals surface area contributed by atoms with Gasteiger partial charge in [0, 0.05) is 25.6 Å². The fraction of sp³-hybridized carbons (Fsp3) is 0.429. The van der Waals surface area contributed by atoms with Gasteiger partial charge < -0.3 is 15.8 Å². The molecule has 5 heteroatoms. The summed E-state index contributed by atoms with van der Waals surface area (Å²) in [6.45, 7) is 0.149. The Hall–Kier alpha value is -1.64. The second-order valence-corrected chi connectivity index (χ2v) is 3.87. The molecule has 19 heavy (non-hydrogen) atoms. The van der Waals surface area contributed by atoms with Crippen LogP contribution in [-0.2, 0) is 0 Å². The summed E-state index contributed by atoms with van der Waals surface area (Å²) in [6, 6.07) is 6.47. The molecule has 0 aliphatic heterocycles. The summed E-state index contributed by atoms with van der Waals surface area (Å²) in [6.07, 6.45) is 0.750. The number of hydrogen-bond donors (Lipinski definition) is 2. The van der Waals surface area contributed by atoms with E-state index in [0.717, 1.165) is 18.5 Å². The molecule has 0 aromatic heterocycles. The highest BCUT2D eigenvalue weighted by Gasteiger charge is 2.09. The van der Waals surface area contributed by atoms with Crippen LogP contribution in [-0.4, -0.2) is 19.7 Å². The molecule has 0 spiro atoms. The first-order valence-electron chi connectivity index (χ1n) is 6.05. The molecule has 1 atom stereocenters. The van der Waals surface area contributed by atoms with Gasteiger partial charge in [0.15, 0.2) is 0 Å². The van der Waals surface area contributed by atoms with Crippen LogP contribution in [0.2, 0.25) is 0 Å². The maximum atomic E-state index is 12.0. The number of benzene rings is 1. The Morgan fingerprint density at radius 2 is 2.00 bits per heavy atom. The Bertz CT molecular complexity index is 423. The monoisotopic (exact) mass is 268 g/mol. The molecular weight excluding hydrogens is 250 g/mol. The lowest BCUT2D eigenvalue weighted by Crippen LogP contribution is -2.28. The van der Waals surface area contributed by atoms with Crippen molar-refractivity contribution in [2.24, 2.45) is 5.73 Å². The number of halogens is 2. The van der Waals surface area contributed by atoms with Gasteiger partial charge >= 0.3 is 6.61 Å². The zero-order chi connectivity index (χ0) is 14.1. The fourth-order valence-electron chi connectivity index (χ4n) is 1.65. The van der Waals surface area contributed by atoms with Crippen LogP contribution < -0.4 is 15.8 Å². The number of ether oxygens (including phenoxy) is 1. The molecule has 0 bridgehead atoms. The van der Waals surface area contributed by atoms with Crippen molar-refractivity contribution < 1.29 is 13.5 Å². The summed E-state index contributed by atoms with van der Waals surface area (Å²) < 4.78 is 28.3. The number of hydrogen-bond acceptors (Lipinski definition) is 3. The van der Waals surface area contributed by atoms with E-state index in [-0.39, 0.29) is 11.8 Å². The quantitative estimate of drug-likeness (QED) is 0.589. The lowest BCUT2D eigenvalue weighted by Gasteiger charge is -2.17. The molecule has 104 valence electrons. The van der Waals surface area contributed by atoms with Crippen LogP contribution in [0.15, 0.2) is 24.3 Å². The molecule has 0 radical (unpaired) electrons. The van der Waals surface area contributed by atoms with E-state index in [4.69, 9.17) is 5.73 Å². The van der Waals surface area contributed by atoms with Gasteiger partial charge in [0.25, 0.3) is 0 Å². The smallest absolute Gasteiger partial charge is 0.387 e. The normalized spacial score (nSPS) is 11.8. The van der Waals surface area contributed by atoms with E-state index in [1.54, 1.807) is 19.1 Å². The van der Waals surface area contributed by atoms with E-state index in [1.807, 2.05) is 0 Å². The summed E-state index contributed by atoms with van der Waals surface area (Å²) in [7, 11) is 0. The van der Waals surface area contributed by atoms with Crippen LogP contribution in [0.5, 0.6) is 5.75 Å². The van der Waals surface area contributed by atoms with Crippen molar-refractivity contribution in [1.82, 2.24) is 5.32 Å². The summed E-state index contributed by atoms with van der Waals surface area (Å²) in [5.41, 5.74) is 6.63. The molecule has 0 amide bonds. The van der Waals surface area contributed by atoms with Gasteiger partial charge in [-0.05, 0) is 24.6 Å². The summed E-state index contributed by atoms with van der Waals surface area (Å²) in [5, 5.41) is 3.26. The number of rotatable bonds is 7. The third kappa shape index (κ3) is 5.69. The van der Waals surface area contributed by atoms with Crippen LogP contribution in [0.3, 0.4) is 0 Å². The number of nitrogens with two attached hydrogens (primary N) is 1. The zero-order valence-corrected chi connectivity index (χ0v) is 10.8. The molecule has 1 aromatic carbocycles. The van der Waals surface area contributed by atoms with Crippen molar-refractivity contribution in [2.75, 3.05) is 13.1 Å². The third-order valence-corrected chi connectivity index (χ3v) is 2.56.